The summed E-state index contributed by atoms with van der Waals surface area (Å²) >= 11 is 0. The van der Waals surface area contributed by atoms with Crippen molar-refractivity contribution in [3.05, 3.63) is 77.1 Å². The van der Waals surface area contributed by atoms with Gasteiger partial charge >= 0.3 is 5.97 Å². The molecule has 0 aromatic heterocycles. The third kappa shape index (κ3) is 5.96. The Kier molecular flexibility index (Phi) is 8.64. The molecule has 0 bridgehead atoms. The van der Waals surface area contributed by atoms with Crippen molar-refractivity contribution in [1.82, 2.24) is 4.90 Å². The number of hydrogen-bond donors (Lipinski definition) is 3. The lowest BCUT2D eigenvalue weighted by atomic mass is 9.46. The maximum absolute atomic E-state index is 12.7. The van der Waals surface area contributed by atoms with E-state index in [0.717, 1.165) is 42.5 Å². The van der Waals surface area contributed by atoms with Gasteiger partial charge in [-0.25, -0.2) is 4.79 Å². The van der Waals surface area contributed by atoms with Gasteiger partial charge in [-0.2, -0.15) is 0 Å². The van der Waals surface area contributed by atoms with E-state index in [2.05, 4.69) is 29.5 Å². The number of carbonyl (C=O) groups is 1. The number of amidine groups is 1. The number of nitrogens with zero attached hydrogens (tertiary/aromatic N) is 2. The van der Waals surface area contributed by atoms with Gasteiger partial charge in [0.25, 0.3) is 0 Å². The van der Waals surface area contributed by atoms with Crippen LogP contribution >= 0.6 is 0 Å². The second-order valence-corrected chi connectivity index (χ2v) is 12.0. The van der Waals surface area contributed by atoms with E-state index in [1.54, 1.807) is 6.08 Å². The van der Waals surface area contributed by atoms with Crippen LogP contribution in [-0.4, -0.2) is 66.8 Å². The number of ether oxygens (including phenoxy) is 1. The lowest BCUT2D eigenvalue weighted by Gasteiger charge is -2.59. The maximum atomic E-state index is 12.7. The summed E-state index contributed by atoms with van der Waals surface area (Å²) in [6, 6.07) is 7.67. The Labute approximate surface area is 232 Å². The fourth-order valence-electron chi connectivity index (χ4n) is 6.66. The minimum absolute atomic E-state index is 0.0419. The predicted molar refractivity (Wildman–Crippen MR) is 156 cm³/mol. The number of benzene rings is 1. The number of likely N-dealkylation sites (N-methyl/N-ethyl adjacent to an activating group) is 1. The third-order valence-electron chi connectivity index (χ3n) is 9.11. The van der Waals surface area contributed by atoms with Crippen LogP contribution in [0.15, 0.2) is 71.0 Å². The molecule has 0 spiro atoms. The summed E-state index contributed by atoms with van der Waals surface area (Å²) in [5.41, 5.74) is 8.80. The first-order chi connectivity index (χ1) is 18.5. The summed E-state index contributed by atoms with van der Waals surface area (Å²) in [4.78, 5) is 19.1. The normalized spacial score (nSPS) is 32.6. The van der Waals surface area contributed by atoms with E-state index >= 15 is 0 Å². The van der Waals surface area contributed by atoms with Crippen molar-refractivity contribution < 1.29 is 19.7 Å². The van der Waals surface area contributed by atoms with Crippen LogP contribution in [0.5, 0.6) is 0 Å². The molecule has 2 unspecified atom stereocenters. The number of hydrogen-bond acceptors (Lipinski definition) is 6. The Morgan fingerprint density at radius 1 is 1.26 bits per heavy atom. The first-order valence-electron chi connectivity index (χ1n) is 13.8. The van der Waals surface area contributed by atoms with Crippen molar-refractivity contribution in [2.45, 2.75) is 45.6 Å². The van der Waals surface area contributed by atoms with E-state index in [4.69, 9.17) is 10.5 Å². The van der Waals surface area contributed by atoms with Gasteiger partial charge in [-0.15, -0.1) is 0 Å². The summed E-state index contributed by atoms with van der Waals surface area (Å²) < 4.78 is 5.53. The average Bonchev–Trinajstić information content (AvgIpc) is 3.24. The molecule has 2 aliphatic carbocycles. The molecule has 0 saturated heterocycles. The van der Waals surface area contributed by atoms with Gasteiger partial charge in [0.2, 0.25) is 0 Å². The quantitative estimate of drug-likeness (QED) is 0.201. The molecule has 1 aromatic rings. The van der Waals surface area contributed by atoms with Gasteiger partial charge in [0.15, 0.2) is 0 Å². The molecule has 0 amide bonds. The van der Waals surface area contributed by atoms with Gasteiger partial charge in [0, 0.05) is 23.4 Å². The zero-order chi connectivity index (χ0) is 28.4. The average molecular weight is 534 g/mol. The number of esters is 1. The lowest BCUT2D eigenvalue weighted by Crippen LogP contribution is -2.57. The van der Waals surface area contributed by atoms with Crippen LogP contribution in [0.4, 0.5) is 0 Å². The van der Waals surface area contributed by atoms with E-state index in [1.807, 2.05) is 57.4 Å². The summed E-state index contributed by atoms with van der Waals surface area (Å²) in [6.07, 6.45) is 10.2. The molecule has 2 saturated carbocycles. The van der Waals surface area contributed by atoms with Crippen LogP contribution in [-0.2, 0) is 9.53 Å². The predicted octanol–water partition coefficient (Wildman–Crippen LogP) is 4.08. The summed E-state index contributed by atoms with van der Waals surface area (Å²) in [5.74, 6) is 0.819. The van der Waals surface area contributed by atoms with Crippen LogP contribution in [0.1, 0.15) is 50.7 Å². The van der Waals surface area contributed by atoms with Gasteiger partial charge in [0.05, 0.1) is 24.8 Å². The lowest BCUT2D eigenvalue weighted by molar-refractivity contribution is -0.145. The Hall–Kier alpha value is -3.00. The molecule has 2 fully saturated rings. The van der Waals surface area contributed by atoms with E-state index in [9.17, 15) is 15.0 Å². The molecule has 1 aliphatic heterocycles. The maximum Gasteiger partial charge on any atom is 0.343 e. The second-order valence-electron chi connectivity index (χ2n) is 12.0. The number of fused-ring (bicyclic) bond motifs is 1. The van der Waals surface area contributed by atoms with Crippen molar-refractivity contribution in [1.29, 1.82) is 0 Å². The van der Waals surface area contributed by atoms with Gasteiger partial charge in [0.1, 0.15) is 11.6 Å². The number of aliphatic hydroxyl groups excluding tert-OH is 2. The smallest absolute Gasteiger partial charge is 0.343 e. The highest BCUT2D eigenvalue weighted by molar-refractivity contribution is 5.98. The number of aliphatic hydroxyl groups is 2. The molecule has 4 rings (SSSR count). The molecule has 3 aliphatic rings. The molecular formula is C32H43N3O4. The first kappa shape index (κ1) is 29.0. The summed E-state index contributed by atoms with van der Waals surface area (Å²) in [6.45, 7) is 10.0. The fourth-order valence-corrected chi connectivity index (χ4v) is 6.66. The largest absolute Gasteiger partial charge is 0.423 e. The Bertz CT molecular complexity index is 1210. The topological polar surface area (TPSA) is 108 Å². The van der Waals surface area contributed by atoms with Crippen LogP contribution < -0.4 is 5.73 Å². The third-order valence-corrected chi connectivity index (χ3v) is 9.11. The summed E-state index contributed by atoms with van der Waals surface area (Å²) in [5, 5.41) is 20.9. The Morgan fingerprint density at radius 2 is 1.97 bits per heavy atom. The minimum Gasteiger partial charge on any atom is -0.423 e. The van der Waals surface area contributed by atoms with Crippen LogP contribution in [0.2, 0.25) is 0 Å². The number of allylic oxidation sites excluding steroid dienone is 3. The first-order valence-corrected chi connectivity index (χ1v) is 13.8. The SMILES string of the molecule is C=C1CCC2[C@](C)(CC[C@@H](O)[C@@]2(C)CO)C1C=CC1=CC(=Cc2ccc(C(N)=NCCN(C)C)cc2)OC1=O. The van der Waals surface area contributed by atoms with E-state index < -0.39 is 11.5 Å². The standard InChI is InChI=1S/C32H43N3O4/c1-21-6-13-27-31(2,15-14-28(37)32(27,3)20-36)26(21)12-11-24-19-25(39-30(24)38)18-22-7-9-23(10-8-22)29(33)34-16-17-35(4)5/h7-12,18-19,26-28,36-37H,1,6,13-17,20H2,2-5H3,(H2,33,34)/t26?,27?,28-,31-,32+/m1/s1. The molecule has 7 heteroatoms. The number of cyclic esters (lactones) is 1. The van der Waals surface area contributed by atoms with Crippen LogP contribution in [0.25, 0.3) is 6.08 Å². The highest BCUT2D eigenvalue weighted by Gasteiger charge is 2.57. The van der Waals surface area contributed by atoms with Gasteiger partial charge in [-0.05, 0) is 68.8 Å². The molecule has 1 aromatic carbocycles. The number of rotatable bonds is 8. The van der Waals surface area contributed by atoms with E-state index in [0.29, 0.717) is 30.1 Å². The zero-order valence-electron chi connectivity index (χ0n) is 23.7. The number of carbonyl (C=O) groups excluding carboxylic acids is 1. The van der Waals surface area contributed by atoms with Crippen molar-refractivity contribution in [3.63, 3.8) is 0 Å². The Balaban J connectivity index is 1.49. The Morgan fingerprint density at radius 3 is 2.64 bits per heavy atom. The molecular weight excluding hydrogens is 490 g/mol. The highest BCUT2D eigenvalue weighted by Crippen LogP contribution is 2.61. The minimum atomic E-state index is -0.542. The molecule has 1 heterocycles. The number of aliphatic imine (C=N–C) groups is 1. The van der Waals surface area contributed by atoms with Crippen molar-refractivity contribution in [2.24, 2.45) is 33.4 Å². The number of nitrogens with two attached hydrogens (primary N) is 1. The van der Waals surface area contributed by atoms with E-state index in [-0.39, 0.29) is 29.8 Å². The molecule has 4 N–H and O–H groups in total. The molecule has 7 nitrogen and oxygen atoms in total. The highest BCUT2D eigenvalue weighted by atomic mass is 16.5. The second kappa shape index (κ2) is 11.6. The van der Waals surface area contributed by atoms with Crippen molar-refractivity contribution in [3.8, 4) is 0 Å². The zero-order valence-corrected chi connectivity index (χ0v) is 23.7. The van der Waals surface area contributed by atoms with Crippen molar-refractivity contribution in [2.75, 3.05) is 33.8 Å². The van der Waals surface area contributed by atoms with Gasteiger partial charge < -0.3 is 25.6 Å². The molecule has 39 heavy (non-hydrogen) atoms. The van der Waals surface area contributed by atoms with Crippen molar-refractivity contribution >= 4 is 17.9 Å². The molecule has 5 atom stereocenters. The van der Waals surface area contributed by atoms with Gasteiger partial charge in [-0.1, -0.05) is 62.4 Å². The van der Waals surface area contributed by atoms with Crippen LogP contribution in [0.3, 0.4) is 0 Å². The van der Waals surface area contributed by atoms with E-state index in [1.165, 1.54) is 0 Å². The molecule has 210 valence electrons. The summed E-state index contributed by atoms with van der Waals surface area (Å²) in [7, 11) is 4.00. The van der Waals surface area contributed by atoms with Gasteiger partial charge in [-0.3, -0.25) is 4.99 Å². The fraction of sp³-hybridized carbons (Fsp3) is 0.500. The monoisotopic (exact) mass is 533 g/mol. The molecule has 0 radical (unpaired) electrons. The van der Waals surface area contributed by atoms with Crippen LogP contribution in [0, 0.1) is 22.7 Å².